The third-order valence-electron chi connectivity index (χ3n) is 4.22. The maximum absolute atomic E-state index is 14.1. The van der Waals surface area contributed by atoms with Crippen LogP contribution >= 0.6 is 0 Å². The molecule has 0 saturated heterocycles. The van der Waals surface area contributed by atoms with Gasteiger partial charge in [0.15, 0.2) is 0 Å². The predicted molar refractivity (Wildman–Crippen MR) is 101 cm³/mol. The van der Waals surface area contributed by atoms with Crippen molar-refractivity contribution in [2.45, 2.75) is 6.61 Å². The van der Waals surface area contributed by atoms with E-state index in [4.69, 9.17) is 4.74 Å². The first-order valence-corrected chi connectivity index (χ1v) is 8.63. The number of ether oxygens (including phenoxy) is 1. The Morgan fingerprint density at radius 2 is 2.03 bits per heavy atom. The first-order chi connectivity index (χ1) is 14.1. The Kier molecular flexibility index (Phi) is 4.97. The Bertz CT molecular complexity index is 1120. The van der Waals surface area contributed by atoms with Gasteiger partial charge in [0.1, 0.15) is 30.3 Å². The summed E-state index contributed by atoms with van der Waals surface area (Å²) >= 11 is 0. The summed E-state index contributed by atoms with van der Waals surface area (Å²) in [4.78, 5) is 16.7. The van der Waals surface area contributed by atoms with Crippen LogP contribution in [-0.2, 0) is 13.7 Å². The van der Waals surface area contributed by atoms with Gasteiger partial charge in [-0.25, -0.2) is 14.1 Å². The van der Waals surface area contributed by atoms with Crippen LogP contribution in [0.1, 0.15) is 16.2 Å². The van der Waals surface area contributed by atoms with Crippen LogP contribution in [0, 0.1) is 5.82 Å². The molecule has 10 heteroatoms. The average Bonchev–Trinajstić information content (AvgIpc) is 3.40. The molecule has 0 saturated carbocycles. The highest BCUT2D eigenvalue weighted by Gasteiger charge is 2.12. The van der Waals surface area contributed by atoms with Gasteiger partial charge in [0.25, 0.3) is 5.91 Å². The van der Waals surface area contributed by atoms with Crippen molar-refractivity contribution in [2.24, 2.45) is 7.05 Å². The number of anilines is 1. The maximum Gasteiger partial charge on any atom is 0.255 e. The fourth-order valence-corrected chi connectivity index (χ4v) is 2.61. The van der Waals surface area contributed by atoms with Crippen molar-refractivity contribution in [1.29, 1.82) is 0 Å². The van der Waals surface area contributed by atoms with E-state index in [1.165, 1.54) is 29.2 Å². The van der Waals surface area contributed by atoms with E-state index in [0.29, 0.717) is 23.6 Å². The van der Waals surface area contributed by atoms with Gasteiger partial charge in [-0.2, -0.15) is 0 Å². The molecule has 1 N–H and O–H groups in total. The molecular weight excluding hydrogens is 377 g/mol. The molecule has 1 amide bonds. The Balaban J connectivity index is 1.43. The lowest BCUT2D eigenvalue weighted by atomic mass is 10.2. The third-order valence-corrected chi connectivity index (χ3v) is 4.22. The van der Waals surface area contributed by atoms with Crippen LogP contribution in [0.2, 0.25) is 0 Å². The molecule has 0 spiro atoms. The van der Waals surface area contributed by atoms with E-state index >= 15 is 0 Å². The van der Waals surface area contributed by atoms with Gasteiger partial charge in [-0.05, 0) is 52.9 Å². The fourth-order valence-electron chi connectivity index (χ4n) is 2.61. The molecule has 4 rings (SSSR count). The smallest absolute Gasteiger partial charge is 0.255 e. The molecule has 4 aromatic rings. The van der Waals surface area contributed by atoms with Crippen molar-refractivity contribution < 1.29 is 13.9 Å². The lowest BCUT2D eigenvalue weighted by molar-refractivity contribution is 0.102. The van der Waals surface area contributed by atoms with Gasteiger partial charge >= 0.3 is 0 Å². The number of imidazole rings is 1. The number of nitrogens with zero attached hydrogens (tertiary/aromatic N) is 6. The Morgan fingerprint density at radius 3 is 2.72 bits per heavy atom. The fraction of sp³-hybridized carbons (Fsp3) is 0.105. The minimum Gasteiger partial charge on any atom is -0.486 e. The van der Waals surface area contributed by atoms with Crippen molar-refractivity contribution in [1.82, 2.24) is 29.8 Å². The molecular formula is C19H16FN7O2. The SMILES string of the molecule is Cn1ccnc1COc1ccc(C(=O)Nc2cc(-n3cnnn3)ccc2F)cc1. The summed E-state index contributed by atoms with van der Waals surface area (Å²) in [5.41, 5.74) is 0.907. The topological polar surface area (TPSA) is 99.8 Å². The highest BCUT2D eigenvalue weighted by Crippen LogP contribution is 2.20. The summed E-state index contributed by atoms with van der Waals surface area (Å²) in [5, 5.41) is 13.4. The summed E-state index contributed by atoms with van der Waals surface area (Å²) in [6.45, 7) is 0.310. The van der Waals surface area contributed by atoms with Gasteiger partial charge in [-0.15, -0.1) is 5.10 Å². The van der Waals surface area contributed by atoms with Crippen LogP contribution in [0.4, 0.5) is 10.1 Å². The lowest BCUT2D eigenvalue weighted by Gasteiger charge is -2.10. The number of aromatic nitrogens is 6. The van der Waals surface area contributed by atoms with Gasteiger partial charge in [-0.1, -0.05) is 0 Å². The summed E-state index contributed by atoms with van der Waals surface area (Å²) in [6.07, 6.45) is 4.90. The Labute approximate surface area is 164 Å². The van der Waals surface area contributed by atoms with Crippen molar-refractivity contribution in [3.63, 3.8) is 0 Å². The zero-order valence-electron chi connectivity index (χ0n) is 15.4. The Hall–Kier alpha value is -4.08. The highest BCUT2D eigenvalue weighted by molar-refractivity contribution is 6.04. The number of tetrazole rings is 1. The molecule has 2 aromatic carbocycles. The quantitative estimate of drug-likeness (QED) is 0.540. The van der Waals surface area contributed by atoms with Crippen molar-refractivity contribution in [3.05, 3.63) is 78.4 Å². The maximum atomic E-state index is 14.1. The second-order valence-electron chi connectivity index (χ2n) is 6.14. The van der Waals surface area contributed by atoms with Crippen LogP contribution in [0.25, 0.3) is 5.69 Å². The molecule has 9 nitrogen and oxygen atoms in total. The summed E-state index contributed by atoms with van der Waals surface area (Å²) in [7, 11) is 1.88. The molecule has 2 aromatic heterocycles. The van der Waals surface area contributed by atoms with Crippen LogP contribution in [0.5, 0.6) is 5.75 Å². The van der Waals surface area contributed by atoms with Crippen LogP contribution in [-0.4, -0.2) is 35.7 Å². The van der Waals surface area contributed by atoms with Gasteiger partial charge in [0.05, 0.1) is 11.4 Å². The number of hydrogen-bond acceptors (Lipinski definition) is 6. The van der Waals surface area contributed by atoms with Crippen molar-refractivity contribution >= 4 is 11.6 Å². The van der Waals surface area contributed by atoms with Crippen LogP contribution < -0.4 is 10.1 Å². The number of carbonyl (C=O) groups is 1. The van der Waals surface area contributed by atoms with E-state index in [2.05, 4.69) is 25.8 Å². The lowest BCUT2D eigenvalue weighted by Crippen LogP contribution is -2.13. The van der Waals surface area contributed by atoms with E-state index < -0.39 is 11.7 Å². The zero-order valence-corrected chi connectivity index (χ0v) is 15.4. The largest absolute Gasteiger partial charge is 0.486 e. The summed E-state index contributed by atoms with van der Waals surface area (Å²) in [5.74, 6) is 0.361. The third kappa shape index (κ3) is 4.10. The molecule has 29 heavy (non-hydrogen) atoms. The summed E-state index contributed by atoms with van der Waals surface area (Å²) in [6, 6.07) is 10.7. The van der Waals surface area contributed by atoms with Gasteiger partial charge < -0.3 is 14.6 Å². The number of nitrogens with one attached hydrogen (secondary N) is 1. The second kappa shape index (κ2) is 7.89. The summed E-state index contributed by atoms with van der Waals surface area (Å²) < 4.78 is 23.0. The van der Waals surface area contributed by atoms with Gasteiger partial charge in [0, 0.05) is 25.0 Å². The van der Waals surface area contributed by atoms with E-state index in [9.17, 15) is 9.18 Å². The van der Waals surface area contributed by atoms with Crippen LogP contribution in [0.3, 0.4) is 0 Å². The van der Waals surface area contributed by atoms with Crippen molar-refractivity contribution in [2.75, 3.05) is 5.32 Å². The first-order valence-electron chi connectivity index (χ1n) is 8.63. The zero-order chi connectivity index (χ0) is 20.2. The predicted octanol–water partition coefficient (Wildman–Crippen LogP) is 2.37. The van der Waals surface area contributed by atoms with E-state index in [-0.39, 0.29) is 5.69 Å². The van der Waals surface area contributed by atoms with Gasteiger partial charge in [0.2, 0.25) is 0 Å². The standard InChI is InChI=1S/C19H16FN7O2/c1-26-9-8-21-18(26)11-29-15-5-2-13(3-6-15)19(28)23-17-10-14(4-7-16(17)20)27-12-22-24-25-27/h2-10,12H,11H2,1H3,(H,23,28). The van der Waals surface area contributed by atoms with E-state index in [1.807, 2.05) is 17.8 Å². The molecule has 0 aliphatic carbocycles. The molecule has 0 fully saturated rings. The molecule has 2 heterocycles. The first kappa shape index (κ1) is 18.3. The molecule has 0 bridgehead atoms. The molecule has 146 valence electrons. The number of aryl methyl sites for hydroxylation is 1. The minimum atomic E-state index is -0.565. The monoisotopic (exact) mass is 393 g/mol. The number of benzene rings is 2. The molecule has 0 atom stereocenters. The van der Waals surface area contributed by atoms with E-state index in [1.54, 1.807) is 30.5 Å². The molecule has 0 radical (unpaired) electrons. The molecule has 0 unspecified atom stereocenters. The Morgan fingerprint density at radius 1 is 1.21 bits per heavy atom. The minimum absolute atomic E-state index is 0.0260. The number of hydrogen-bond donors (Lipinski definition) is 1. The highest BCUT2D eigenvalue weighted by atomic mass is 19.1. The van der Waals surface area contributed by atoms with Crippen molar-refractivity contribution in [3.8, 4) is 11.4 Å². The number of amides is 1. The van der Waals surface area contributed by atoms with Gasteiger partial charge in [-0.3, -0.25) is 4.79 Å². The van der Waals surface area contributed by atoms with E-state index in [0.717, 1.165) is 5.82 Å². The number of carbonyl (C=O) groups excluding carboxylic acids is 1. The normalized spacial score (nSPS) is 10.7. The molecule has 0 aliphatic heterocycles. The van der Waals surface area contributed by atoms with Crippen LogP contribution in [0.15, 0.2) is 61.2 Å². The number of halogens is 1. The number of rotatable bonds is 6. The molecule has 0 aliphatic rings. The second-order valence-corrected chi connectivity index (χ2v) is 6.14. The average molecular weight is 393 g/mol.